The van der Waals surface area contributed by atoms with Crippen molar-refractivity contribution in [1.29, 1.82) is 0 Å². The molecule has 0 bridgehead atoms. The molecule has 1 aliphatic heterocycles. The highest BCUT2D eigenvalue weighted by Crippen LogP contribution is 2.19. The molecule has 0 radical (unpaired) electrons. The highest BCUT2D eigenvalue weighted by Gasteiger charge is 2.37. The van der Waals surface area contributed by atoms with Gasteiger partial charge in [0.15, 0.2) is 0 Å². The van der Waals surface area contributed by atoms with Gasteiger partial charge in [-0.15, -0.1) is 0 Å². The molecule has 1 aromatic rings. The van der Waals surface area contributed by atoms with Crippen molar-refractivity contribution < 1.29 is 22.5 Å². The molecule has 1 aromatic carbocycles. The van der Waals surface area contributed by atoms with Crippen LogP contribution in [0.5, 0.6) is 0 Å². The van der Waals surface area contributed by atoms with E-state index in [1.54, 1.807) is 0 Å². The van der Waals surface area contributed by atoms with Crippen molar-refractivity contribution in [3.63, 3.8) is 0 Å². The zero-order chi connectivity index (χ0) is 11.1. The summed E-state index contributed by atoms with van der Waals surface area (Å²) in [6.45, 7) is 0. The van der Waals surface area contributed by atoms with Crippen LogP contribution in [0.25, 0.3) is 0 Å². The van der Waals surface area contributed by atoms with Crippen LogP contribution in [0.2, 0.25) is 0 Å². The molecule has 5 nitrogen and oxygen atoms in total. The fraction of sp³-hybridized carbons (Fsp3) is 0.222. The van der Waals surface area contributed by atoms with Gasteiger partial charge in [-0.2, -0.15) is 0 Å². The Labute approximate surface area is 86.4 Å². The third-order valence-corrected chi connectivity index (χ3v) is 2.95. The quantitative estimate of drug-likeness (QED) is 0.538. The highest BCUT2D eigenvalue weighted by molar-refractivity contribution is 7.85. The molecule has 1 fully saturated rings. The Hall–Kier alpha value is -1.40. The number of benzene rings is 1. The first-order chi connectivity index (χ1) is 6.97. The van der Waals surface area contributed by atoms with Gasteiger partial charge < -0.3 is 9.29 Å². The molecule has 1 heterocycles. The molecule has 0 aromatic heterocycles. The molecule has 15 heavy (non-hydrogen) atoms. The van der Waals surface area contributed by atoms with E-state index < -0.39 is 16.2 Å². The Morgan fingerprint density at radius 1 is 1.27 bits per heavy atom. The molecule has 0 amide bonds. The fourth-order valence-corrected chi connectivity index (χ4v) is 1.71. The number of carbonyl (C=O) groups is 1. The van der Waals surface area contributed by atoms with E-state index in [1.807, 2.05) is 0 Å². The van der Waals surface area contributed by atoms with Crippen molar-refractivity contribution >= 4 is 16.1 Å². The molecule has 1 saturated heterocycles. The van der Waals surface area contributed by atoms with Crippen LogP contribution in [0.3, 0.4) is 0 Å². The molecule has 0 aliphatic carbocycles. The van der Waals surface area contributed by atoms with Gasteiger partial charge in [0.1, 0.15) is 10.1 Å². The monoisotopic (exact) mass is 227 g/mol. The summed E-state index contributed by atoms with van der Waals surface area (Å²) in [5.74, 6) is -0.254. The van der Waals surface area contributed by atoms with Crippen LogP contribution in [-0.4, -0.2) is 25.0 Å². The number of epoxide rings is 1. The number of carbonyl (C=O) groups excluding carboxylic acids is 1. The van der Waals surface area contributed by atoms with Gasteiger partial charge in [-0.05, 0) is 17.7 Å². The van der Waals surface area contributed by atoms with Crippen LogP contribution in [0.1, 0.15) is 5.56 Å². The van der Waals surface area contributed by atoms with Crippen molar-refractivity contribution in [1.82, 2.24) is 0 Å². The first-order valence-corrected chi connectivity index (χ1v) is 5.63. The first-order valence-electron chi connectivity index (χ1n) is 4.22. The average molecular weight is 227 g/mol. The van der Waals surface area contributed by atoms with E-state index in [1.165, 1.54) is 24.3 Å². The van der Waals surface area contributed by atoms with Crippen LogP contribution in [0.4, 0.5) is 0 Å². The van der Waals surface area contributed by atoms with Gasteiger partial charge in [-0.25, -0.2) is 13.2 Å². The molecule has 0 spiro atoms. The van der Waals surface area contributed by atoms with Gasteiger partial charge >= 0.3 is 5.97 Å². The van der Waals surface area contributed by atoms with Crippen molar-refractivity contribution in [3.8, 4) is 0 Å². The van der Waals surface area contributed by atoms with Crippen LogP contribution in [0, 0.1) is 0 Å². The van der Waals surface area contributed by atoms with Crippen LogP contribution in [-0.2, 0) is 26.1 Å². The second-order valence-corrected chi connectivity index (χ2v) is 4.61. The minimum atomic E-state index is -4.39. The van der Waals surface area contributed by atoms with E-state index in [4.69, 9.17) is 0 Å². The molecule has 1 unspecified atom stereocenters. The summed E-state index contributed by atoms with van der Waals surface area (Å²) < 4.78 is 36.4. The lowest BCUT2D eigenvalue weighted by atomic mass is 10.1. The topological polar surface area (TPSA) is 86.8 Å². The van der Waals surface area contributed by atoms with Crippen LogP contribution < -0.4 is 0 Å². The molecule has 1 atom stereocenters. The Morgan fingerprint density at radius 2 is 1.80 bits per heavy atom. The largest absolute Gasteiger partial charge is 0.744 e. The smallest absolute Gasteiger partial charge is 0.348 e. The Balaban J connectivity index is 2.14. The van der Waals surface area contributed by atoms with Gasteiger partial charge in [0.25, 0.3) is 0 Å². The predicted molar refractivity (Wildman–Crippen MR) is 48.0 cm³/mol. The summed E-state index contributed by atoms with van der Waals surface area (Å²) in [5, 5.41) is 0. The number of cyclic esters (lactones) is 1. The molecular formula is C9H7O5S-. The molecule has 80 valence electrons. The van der Waals surface area contributed by atoms with E-state index in [9.17, 15) is 17.8 Å². The van der Waals surface area contributed by atoms with Gasteiger partial charge in [0.2, 0.25) is 6.10 Å². The highest BCUT2D eigenvalue weighted by atomic mass is 32.2. The minimum absolute atomic E-state index is 0.254. The average Bonchev–Trinajstić information content (AvgIpc) is 2.81. The van der Waals surface area contributed by atoms with E-state index in [0.717, 1.165) is 5.56 Å². The Kier molecular flexibility index (Phi) is 2.24. The summed E-state index contributed by atoms with van der Waals surface area (Å²) in [7, 11) is -4.39. The second kappa shape index (κ2) is 3.32. The third-order valence-electron chi connectivity index (χ3n) is 2.10. The predicted octanol–water partition coefficient (Wildman–Crippen LogP) is 0.0586. The number of rotatable bonds is 3. The fourth-order valence-electron chi connectivity index (χ4n) is 1.24. The number of ether oxygens (including phenoxy) is 1. The standard InChI is InChI=1S/C9H8O5S/c10-9-8(14-9)5-6-1-3-7(4-2-6)15(11,12)13/h1-4,8H,5H2,(H,11,12,13)/p-1. The number of hydrogen-bond donors (Lipinski definition) is 0. The van der Waals surface area contributed by atoms with E-state index >= 15 is 0 Å². The summed E-state index contributed by atoms with van der Waals surface area (Å²) in [4.78, 5) is 10.3. The van der Waals surface area contributed by atoms with E-state index in [0.29, 0.717) is 6.42 Å². The SMILES string of the molecule is O=C1OC1Cc1ccc(S(=O)(=O)[O-])cc1. The summed E-state index contributed by atoms with van der Waals surface area (Å²) in [6.07, 6.45) is 0.0117. The van der Waals surface area contributed by atoms with E-state index in [-0.39, 0.29) is 10.9 Å². The normalized spacial score (nSPS) is 19.8. The lowest BCUT2D eigenvalue weighted by molar-refractivity contribution is -0.117. The third kappa shape index (κ3) is 2.34. The van der Waals surface area contributed by atoms with Crippen molar-refractivity contribution in [3.05, 3.63) is 29.8 Å². The first kappa shape index (κ1) is 10.1. The Morgan fingerprint density at radius 3 is 2.20 bits per heavy atom. The molecule has 0 N–H and O–H groups in total. The maximum absolute atomic E-state index is 10.6. The summed E-state index contributed by atoms with van der Waals surface area (Å²) in [6, 6.07) is 5.45. The molecule has 1 aliphatic rings. The molecule has 2 rings (SSSR count). The van der Waals surface area contributed by atoms with Crippen molar-refractivity contribution in [2.75, 3.05) is 0 Å². The van der Waals surface area contributed by atoms with Crippen LogP contribution >= 0.6 is 0 Å². The summed E-state index contributed by atoms with van der Waals surface area (Å²) >= 11 is 0. The van der Waals surface area contributed by atoms with Gasteiger partial charge in [-0.1, -0.05) is 12.1 Å². The van der Waals surface area contributed by atoms with Crippen LogP contribution in [0.15, 0.2) is 29.2 Å². The summed E-state index contributed by atoms with van der Waals surface area (Å²) in [5.41, 5.74) is 0.762. The zero-order valence-electron chi connectivity index (χ0n) is 7.54. The zero-order valence-corrected chi connectivity index (χ0v) is 8.36. The van der Waals surface area contributed by atoms with Gasteiger partial charge in [-0.3, -0.25) is 0 Å². The van der Waals surface area contributed by atoms with E-state index in [2.05, 4.69) is 4.74 Å². The molecule has 0 saturated carbocycles. The lowest BCUT2D eigenvalue weighted by Crippen LogP contribution is -2.00. The Bertz CT molecular complexity index is 488. The molecular weight excluding hydrogens is 220 g/mol. The molecule has 6 heteroatoms. The van der Waals surface area contributed by atoms with Gasteiger partial charge in [0, 0.05) is 6.42 Å². The second-order valence-electron chi connectivity index (χ2n) is 3.23. The number of hydrogen-bond acceptors (Lipinski definition) is 5. The maximum atomic E-state index is 10.6. The van der Waals surface area contributed by atoms with Crippen molar-refractivity contribution in [2.45, 2.75) is 17.4 Å². The van der Waals surface area contributed by atoms with Gasteiger partial charge in [0.05, 0.1) is 4.90 Å². The lowest BCUT2D eigenvalue weighted by Gasteiger charge is -2.06. The minimum Gasteiger partial charge on any atom is -0.744 e. The maximum Gasteiger partial charge on any atom is 0.348 e. The van der Waals surface area contributed by atoms with Crippen molar-refractivity contribution in [2.24, 2.45) is 0 Å².